The SMILES string of the molecule is COc1cc2c(cc1OC)C(CCc1ccc(F)cc1F)N(CCNC(=O)Nc1cc3ccccc3nc1C)CC2. The van der Waals surface area contributed by atoms with Gasteiger partial charge in [-0.05, 0) is 73.2 Å². The second-order valence-corrected chi connectivity index (χ2v) is 10.2. The lowest BCUT2D eigenvalue weighted by atomic mass is 9.88. The van der Waals surface area contributed by atoms with E-state index in [2.05, 4.69) is 20.5 Å². The molecule has 0 radical (unpaired) electrons. The van der Waals surface area contributed by atoms with Gasteiger partial charge in [-0.15, -0.1) is 0 Å². The maximum atomic E-state index is 14.5. The van der Waals surface area contributed by atoms with Gasteiger partial charge in [0.15, 0.2) is 11.5 Å². The number of halogens is 2. The Morgan fingerprint density at radius 2 is 1.83 bits per heavy atom. The lowest BCUT2D eigenvalue weighted by Gasteiger charge is -2.38. The van der Waals surface area contributed by atoms with Gasteiger partial charge in [-0.1, -0.05) is 24.3 Å². The minimum Gasteiger partial charge on any atom is -0.493 e. The first-order chi connectivity index (χ1) is 19.9. The van der Waals surface area contributed by atoms with Gasteiger partial charge in [-0.3, -0.25) is 9.88 Å². The largest absolute Gasteiger partial charge is 0.493 e. The van der Waals surface area contributed by atoms with E-state index in [9.17, 15) is 13.6 Å². The van der Waals surface area contributed by atoms with Gasteiger partial charge in [0.05, 0.1) is 31.1 Å². The van der Waals surface area contributed by atoms with Gasteiger partial charge in [0.2, 0.25) is 0 Å². The standard InChI is InChI=1S/C32H34F2N4O3/c1-20-28(16-23-6-4-5-7-27(23)36-20)37-32(39)35-13-15-38-14-12-22-17-30(40-2)31(41-3)19-25(22)29(38)11-9-21-8-10-24(33)18-26(21)34/h4-8,10,16-19,29H,9,11-15H2,1-3H3,(H2,35,37,39). The topological polar surface area (TPSA) is 75.7 Å². The van der Waals surface area contributed by atoms with E-state index in [4.69, 9.17) is 9.47 Å². The van der Waals surface area contributed by atoms with Crippen molar-refractivity contribution in [1.82, 2.24) is 15.2 Å². The first-order valence-electron chi connectivity index (χ1n) is 13.7. The Morgan fingerprint density at radius 1 is 1.05 bits per heavy atom. The molecule has 214 valence electrons. The molecule has 3 aromatic carbocycles. The lowest BCUT2D eigenvalue weighted by Crippen LogP contribution is -2.42. The molecule has 7 nitrogen and oxygen atoms in total. The molecule has 0 saturated heterocycles. The summed E-state index contributed by atoms with van der Waals surface area (Å²) >= 11 is 0. The second kappa shape index (κ2) is 12.5. The van der Waals surface area contributed by atoms with E-state index in [1.165, 1.54) is 12.1 Å². The highest BCUT2D eigenvalue weighted by Gasteiger charge is 2.29. The van der Waals surface area contributed by atoms with E-state index >= 15 is 0 Å². The number of ether oxygens (including phenoxy) is 2. The van der Waals surface area contributed by atoms with Crippen molar-refractivity contribution in [2.45, 2.75) is 32.2 Å². The number of benzene rings is 3. The Morgan fingerprint density at radius 3 is 2.61 bits per heavy atom. The number of aromatic nitrogens is 1. The van der Waals surface area contributed by atoms with E-state index < -0.39 is 11.6 Å². The summed E-state index contributed by atoms with van der Waals surface area (Å²) in [6.45, 7) is 3.63. The Bertz CT molecular complexity index is 1560. The van der Waals surface area contributed by atoms with Gasteiger partial charge < -0.3 is 20.1 Å². The van der Waals surface area contributed by atoms with Crippen LogP contribution in [0.15, 0.2) is 60.7 Å². The second-order valence-electron chi connectivity index (χ2n) is 10.2. The van der Waals surface area contributed by atoms with Gasteiger partial charge in [-0.2, -0.15) is 0 Å². The Balaban J connectivity index is 1.29. The zero-order valence-corrected chi connectivity index (χ0v) is 23.5. The number of anilines is 1. The van der Waals surface area contributed by atoms with Crippen molar-refractivity contribution >= 4 is 22.6 Å². The van der Waals surface area contributed by atoms with E-state index in [1.807, 2.05) is 49.4 Å². The van der Waals surface area contributed by atoms with E-state index in [0.717, 1.165) is 46.8 Å². The molecule has 9 heteroatoms. The fourth-order valence-corrected chi connectivity index (χ4v) is 5.52. The maximum absolute atomic E-state index is 14.5. The van der Waals surface area contributed by atoms with Gasteiger partial charge in [0.25, 0.3) is 0 Å². The highest BCUT2D eigenvalue weighted by Crippen LogP contribution is 2.40. The smallest absolute Gasteiger partial charge is 0.319 e. The average molecular weight is 561 g/mol. The van der Waals surface area contributed by atoms with E-state index in [1.54, 1.807) is 14.2 Å². The predicted octanol–water partition coefficient (Wildman–Crippen LogP) is 6.19. The molecule has 0 spiro atoms. The molecule has 2 heterocycles. The van der Waals surface area contributed by atoms with Crippen LogP contribution in [0.3, 0.4) is 0 Å². The van der Waals surface area contributed by atoms with Crippen LogP contribution in [0.5, 0.6) is 11.5 Å². The third-order valence-electron chi connectivity index (χ3n) is 7.66. The summed E-state index contributed by atoms with van der Waals surface area (Å²) in [5.74, 6) is 0.159. The van der Waals surface area contributed by atoms with Gasteiger partial charge >= 0.3 is 6.03 Å². The number of hydrogen-bond donors (Lipinski definition) is 2. The molecule has 2 amide bonds. The summed E-state index contributed by atoms with van der Waals surface area (Å²) in [5.41, 5.74) is 4.97. The first kappa shape index (κ1) is 28.3. The van der Waals surface area contributed by atoms with Crippen molar-refractivity contribution in [3.8, 4) is 11.5 Å². The average Bonchev–Trinajstić information content (AvgIpc) is 2.96. The molecule has 1 unspecified atom stereocenters. The fraction of sp³-hybridized carbons (Fsp3) is 0.312. The van der Waals surface area contributed by atoms with Crippen LogP contribution < -0.4 is 20.1 Å². The Hall–Kier alpha value is -4.24. The third-order valence-corrected chi connectivity index (χ3v) is 7.66. The number of carbonyl (C=O) groups is 1. The number of rotatable bonds is 9. The highest BCUT2D eigenvalue weighted by atomic mass is 19.1. The zero-order valence-electron chi connectivity index (χ0n) is 23.5. The molecular weight excluding hydrogens is 526 g/mol. The van der Waals surface area contributed by atoms with E-state index in [0.29, 0.717) is 48.7 Å². The summed E-state index contributed by atoms with van der Waals surface area (Å²) in [6.07, 6.45) is 1.84. The third kappa shape index (κ3) is 6.41. The van der Waals surface area contributed by atoms with Crippen LogP contribution in [0.2, 0.25) is 0 Å². The molecule has 0 bridgehead atoms. The lowest BCUT2D eigenvalue weighted by molar-refractivity contribution is 0.175. The van der Waals surface area contributed by atoms with Crippen LogP contribution in [0.4, 0.5) is 19.3 Å². The highest BCUT2D eigenvalue weighted by molar-refractivity contribution is 5.93. The van der Waals surface area contributed by atoms with Crippen molar-refractivity contribution in [2.75, 3.05) is 39.2 Å². The molecule has 4 aromatic rings. The Labute approximate surface area is 238 Å². The molecule has 1 aliphatic heterocycles. The van der Waals surface area contributed by atoms with Gasteiger partial charge in [-0.25, -0.2) is 13.6 Å². The van der Waals surface area contributed by atoms with Gasteiger partial charge in [0, 0.05) is 37.1 Å². The molecule has 0 saturated carbocycles. The molecule has 1 aromatic heterocycles. The number of fused-ring (bicyclic) bond motifs is 2. The fourth-order valence-electron chi connectivity index (χ4n) is 5.52. The Kier molecular flexibility index (Phi) is 8.64. The molecule has 0 fully saturated rings. The number of carbonyl (C=O) groups excluding carboxylic acids is 1. The number of hydrogen-bond acceptors (Lipinski definition) is 5. The van der Waals surface area contributed by atoms with Crippen molar-refractivity contribution in [1.29, 1.82) is 0 Å². The molecule has 1 aliphatic rings. The van der Waals surface area contributed by atoms with Crippen molar-refractivity contribution in [2.24, 2.45) is 0 Å². The summed E-state index contributed by atoms with van der Waals surface area (Å²) in [5, 5.41) is 6.83. The number of nitrogens with zero attached hydrogens (tertiary/aromatic N) is 2. The number of urea groups is 1. The monoisotopic (exact) mass is 560 g/mol. The zero-order chi connectivity index (χ0) is 28.9. The normalized spacial score (nSPS) is 14.9. The summed E-state index contributed by atoms with van der Waals surface area (Å²) in [6, 6.07) is 17.0. The molecule has 5 rings (SSSR count). The predicted molar refractivity (Wildman–Crippen MR) is 156 cm³/mol. The minimum atomic E-state index is -0.591. The van der Waals surface area contributed by atoms with Crippen LogP contribution >= 0.6 is 0 Å². The molecule has 0 aliphatic carbocycles. The molecular formula is C32H34F2N4O3. The van der Waals surface area contributed by atoms with Crippen molar-refractivity contribution in [3.05, 3.63) is 94.7 Å². The van der Waals surface area contributed by atoms with Crippen molar-refractivity contribution in [3.63, 3.8) is 0 Å². The number of para-hydroxylation sites is 1. The van der Waals surface area contributed by atoms with Crippen LogP contribution in [0.1, 0.15) is 34.8 Å². The number of methoxy groups -OCH3 is 2. The summed E-state index contributed by atoms with van der Waals surface area (Å²) in [7, 11) is 3.21. The number of amides is 2. The van der Waals surface area contributed by atoms with Crippen molar-refractivity contribution < 1.29 is 23.0 Å². The van der Waals surface area contributed by atoms with Crippen LogP contribution in [0, 0.1) is 18.6 Å². The summed E-state index contributed by atoms with van der Waals surface area (Å²) in [4.78, 5) is 19.7. The molecule has 2 N–H and O–H groups in total. The van der Waals surface area contributed by atoms with E-state index in [-0.39, 0.29) is 12.1 Å². The quantitative estimate of drug-likeness (QED) is 0.255. The van der Waals surface area contributed by atoms with Crippen LogP contribution in [-0.4, -0.2) is 49.8 Å². The van der Waals surface area contributed by atoms with Crippen LogP contribution in [0.25, 0.3) is 10.9 Å². The van der Waals surface area contributed by atoms with Crippen LogP contribution in [-0.2, 0) is 12.8 Å². The number of pyridine rings is 1. The molecule has 41 heavy (non-hydrogen) atoms. The van der Waals surface area contributed by atoms with Gasteiger partial charge in [0.1, 0.15) is 11.6 Å². The molecule has 1 atom stereocenters. The number of nitrogens with one attached hydrogen (secondary N) is 2. The maximum Gasteiger partial charge on any atom is 0.319 e. The summed E-state index contributed by atoms with van der Waals surface area (Å²) < 4.78 is 39.0. The first-order valence-corrected chi connectivity index (χ1v) is 13.7. The minimum absolute atomic E-state index is 0.0557. The number of aryl methyl sites for hydroxylation is 2.